The molecule has 0 heterocycles. The van der Waals surface area contributed by atoms with Gasteiger partial charge in [0.05, 0.1) is 11.6 Å². The Balaban J connectivity index is 3.35. The van der Waals surface area contributed by atoms with Crippen LogP contribution in [0.1, 0.15) is 11.1 Å². The van der Waals surface area contributed by atoms with E-state index in [4.69, 9.17) is 5.26 Å². The maximum absolute atomic E-state index is 8.62. The molecular weight excluding hydrogens is 364 g/mol. The average Bonchev–Trinajstić information content (AvgIpc) is 1.99. The molecule has 0 bridgehead atoms. The molecule has 0 radical (unpaired) electrons. The van der Waals surface area contributed by atoms with Gasteiger partial charge in [0.15, 0.2) is 0 Å². The van der Waals surface area contributed by atoms with Gasteiger partial charge in [-0.3, -0.25) is 0 Å². The van der Waals surface area contributed by atoms with Crippen LogP contribution in [0.3, 0.4) is 0 Å². The summed E-state index contributed by atoms with van der Waals surface area (Å²) in [5.74, 6) is 0. The molecule has 0 amide bonds. The predicted molar refractivity (Wildman–Crippen MR) is 61.3 cm³/mol. The van der Waals surface area contributed by atoms with E-state index in [1.165, 1.54) is 9.13 Å². The molecule has 0 aliphatic rings. The highest BCUT2D eigenvalue weighted by Crippen LogP contribution is 2.20. The molecule has 1 aromatic rings. The molecule has 0 saturated carbocycles. The van der Waals surface area contributed by atoms with Crippen LogP contribution >= 0.6 is 45.2 Å². The van der Waals surface area contributed by atoms with Crippen LogP contribution in [0.15, 0.2) is 12.1 Å². The summed E-state index contributed by atoms with van der Waals surface area (Å²) in [7, 11) is 0. The van der Waals surface area contributed by atoms with Gasteiger partial charge in [-0.25, -0.2) is 0 Å². The average molecular weight is 369 g/mol. The highest BCUT2D eigenvalue weighted by atomic mass is 127. The van der Waals surface area contributed by atoms with Crippen LogP contribution in [-0.4, -0.2) is 0 Å². The molecule has 11 heavy (non-hydrogen) atoms. The third-order valence-electron chi connectivity index (χ3n) is 1.34. The number of rotatable bonds is 0. The zero-order valence-electron chi connectivity index (χ0n) is 5.86. The Hall–Kier alpha value is 0.170. The minimum atomic E-state index is 0.743. The quantitative estimate of drug-likeness (QED) is 0.645. The number of hydrogen-bond donors (Lipinski definition) is 0. The van der Waals surface area contributed by atoms with Gasteiger partial charge >= 0.3 is 0 Å². The Morgan fingerprint density at radius 1 is 1.36 bits per heavy atom. The van der Waals surface area contributed by atoms with E-state index in [1.807, 2.05) is 19.1 Å². The van der Waals surface area contributed by atoms with Crippen LogP contribution in [0.25, 0.3) is 0 Å². The lowest BCUT2D eigenvalue weighted by Gasteiger charge is -2.00. The van der Waals surface area contributed by atoms with Crippen molar-refractivity contribution in [1.29, 1.82) is 5.26 Å². The Bertz CT molecular complexity index is 302. The van der Waals surface area contributed by atoms with Gasteiger partial charge in [0.1, 0.15) is 0 Å². The van der Waals surface area contributed by atoms with Crippen molar-refractivity contribution in [3.8, 4) is 6.07 Å². The molecule has 1 aromatic carbocycles. The summed E-state index contributed by atoms with van der Waals surface area (Å²) < 4.78 is 2.39. The van der Waals surface area contributed by atoms with Crippen LogP contribution in [0.5, 0.6) is 0 Å². The van der Waals surface area contributed by atoms with Crippen LogP contribution in [0, 0.1) is 25.4 Å². The molecule has 3 heteroatoms. The lowest BCUT2D eigenvalue weighted by atomic mass is 10.2. The van der Waals surface area contributed by atoms with E-state index in [9.17, 15) is 0 Å². The third-order valence-corrected chi connectivity index (χ3v) is 4.65. The van der Waals surface area contributed by atoms with Gasteiger partial charge < -0.3 is 0 Å². The second kappa shape index (κ2) is 3.72. The fraction of sp³-hybridized carbons (Fsp3) is 0.125. The number of aryl methyl sites for hydroxylation is 1. The van der Waals surface area contributed by atoms with E-state index in [0.29, 0.717) is 0 Å². The van der Waals surface area contributed by atoms with Gasteiger partial charge in [-0.15, -0.1) is 0 Å². The lowest BCUT2D eigenvalue weighted by Crippen LogP contribution is -1.87. The second-order valence-electron chi connectivity index (χ2n) is 2.20. The van der Waals surface area contributed by atoms with Crippen molar-refractivity contribution in [3.63, 3.8) is 0 Å². The molecule has 0 aromatic heterocycles. The molecule has 0 aliphatic carbocycles. The van der Waals surface area contributed by atoms with Gasteiger partial charge in [-0.2, -0.15) is 5.26 Å². The zero-order valence-corrected chi connectivity index (χ0v) is 10.2. The smallest absolute Gasteiger partial charge is 0.0992 e. The van der Waals surface area contributed by atoms with Gasteiger partial charge in [0, 0.05) is 7.14 Å². The summed E-state index contributed by atoms with van der Waals surface area (Å²) in [5, 5.41) is 8.62. The summed E-state index contributed by atoms with van der Waals surface area (Å²) in [6, 6.07) is 5.93. The molecule has 0 saturated heterocycles. The van der Waals surface area contributed by atoms with Crippen molar-refractivity contribution in [2.45, 2.75) is 6.92 Å². The minimum Gasteiger partial charge on any atom is -0.192 e. The van der Waals surface area contributed by atoms with Crippen molar-refractivity contribution < 1.29 is 0 Å². The van der Waals surface area contributed by atoms with Crippen molar-refractivity contribution in [3.05, 3.63) is 30.4 Å². The SMILES string of the molecule is Cc1cc(C#N)cc(I)c1I. The standard InChI is InChI=1S/C8H5I2N/c1-5-2-6(4-11)3-7(9)8(5)10/h2-3H,1H3. The molecule has 0 aliphatic heterocycles. The number of nitriles is 1. The van der Waals surface area contributed by atoms with Crippen LogP contribution in [0.2, 0.25) is 0 Å². The summed E-state index contributed by atoms with van der Waals surface area (Å²) in [6.07, 6.45) is 0. The normalized spacial score (nSPS) is 9.27. The predicted octanol–water partition coefficient (Wildman–Crippen LogP) is 3.08. The summed E-state index contributed by atoms with van der Waals surface area (Å²) in [6.45, 7) is 2.02. The van der Waals surface area contributed by atoms with E-state index in [1.54, 1.807) is 0 Å². The van der Waals surface area contributed by atoms with Crippen LogP contribution < -0.4 is 0 Å². The van der Waals surface area contributed by atoms with E-state index < -0.39 is 0 Å². The Morgan fingerprint density at radius 3 is 2.45 bits per heavy atom. The van der Waals surface area contributed by atoms with E-state index in [0.717, 1.165) is 9.13 Å². The first-order valence-electron chi connectivity index (χ1n) is 3.01. The maximum Gasteiger partial charge on any atom is 0.0992 e. The van der Waals surface area contributed by atoms with E-state index in [-0.39, 0.29) is 0 Å². The Morgan fingerprint density at radius 2 is 2.00 bits per heavy atom. The highest BCUT2D eigenvalue weighted by Gasteiger charge is 2.01. The number of benzene rings is 1. The van der Waals surface area contributed by atoms with Gasteiger partial charge in [0.25, 0.3) is 0 Å². The minimum absolute atomic E-state index is 0.743. The molecule has 0 N–H and O–H groups in total. The summed E-state index contributed by atoms with van der Waals surface area (Å²) in [5.41, 5.74) is 1.92. The Kier molecular flexibility index (Phi) is 3.13. The molecule has 0 atom stereocenters. The van der Waals surface area contributed by atoms with Gasteiger partial charge in [-0.1, -0.05) is 0 Å². The monoisotopic (exact) mass is 369 g/mol. The Labute approximate surface area is 93.1 Å². The van der Waals surface area contributed by atoms with Crippen molar-refractivity contribution in [2.24, 2.45) is 0 Å². The van der Waals surface area contributed by atoms with Crippen molar-refractivity contribution >= 4 is 45.2 Å². The first-order chi connectivity index (χ1) is 5.15. The summed E-state index contributed by atoms with van der Waals surface area (Å²) in [4.78, 5) is 0. The van der Waals surface area contributed by atoms with Gasteiger partial charge in [0.2, 0.25) is 0 Å². The zero-order chi connectivity index (χ0) is 8.43. The molecule has 0 spiro atoms. The second-order valence-corrected chi connectivity index (χ2v) is 4.44. The van der Waals surface area contributed by atoms with Gasteiger partial charge in [-0.05, 0) is 69.8 Å². The molecular formula is C8H5I2N. The van der Waals surface area contributed by atoms with Crippen molar-refractivity contribution in [2.75, 3.05) is 0 Å². The number of nitrogens with zero attached hydrogens (tertiary/aromatic N) is 1. The lowest BCUT2D eigenvalue weighted by molar-refractivity contribution is 1.37. The molecule has 0 fully saturated rings. The fourth-order valence-corrected chi connectivity index (χ4v) is 1.86. The fourth-order valence-electron chi connectivity index (χ4n) is 0.791. The largest absolute Gasteiger partial charge is 0.192 e. The molecule has 56 valence electrons. The molecule has 1 rings (SSSR count). The topological polar surface area (TPSA) is 23.8 Å². The first kappa shape index (κ1) is 9.26. The summed E-state index contributed by atoms with van der Waals surface area (Å²) >= 11 is 4.53. The molecule has 1 nitrogen and oxygen atoms in total. The highest BCUT2D eigenvalue weighted by molar-refractivity contribution is 14.1. The third kappa shape index (κ3) is 2.06. The van der Waals surface area contributed by atoms with E-state index in [2.05, 4.69) is 51.3 Å². The maximum atomic E-state index is 8.62. The van der Waals surface area contributed by atoms with E-state index >= 15 is 0 Å². The number of halogens is 2. The van der Waals surface area contributed by atoms with Crippen molar-refractivity contribution in [1.82, 2.24) is 0 Å². The van der Waals surface area contributed by atoms with Crippen LogP contribution in [-0.2, 0) is 0 Å². The molecule has 0 unspecified atom stereocenters. The first-order valence-corrected chi connectivity index (χ1v) is 5.16. The number of hydrogen-bond acceptors (Lipinski definition) is 1. The van der Waals surface area contributed by atoms with Crippen LogP contribution in [0.4, 0.5) is 0 Å².